The third kappa shape index (κ3) is 3.50. The van der Waals surface area contributed by atoms with Crippen molar-refractivity contribution < 1.29 is 9.13 Å². The van der Waals surface area contributed by atoms with E-state index in [1.807, 2.05) is 19.9 Å². The van der Waals surface area contributed by atoms with Gasteiger partial charge in [0.25, 0.3) is 5.56 Å². The number of halogens is 1. The van der Waals surface area contributed by atoms with Crippen LogP contribution in [-0.2, 0) is 4.74 Å². The molecular weight excluding hydrogens is 347 g/mol. The lowest BCUT2D eigenvalue weighted by molar-refractivity contribution is 0.122. The van der Waals surface area contributed by atoms with Crippen molar-refractivity contribution in [3.05, 3.63) is 63.8 Å². The fourth-order valence-corrected chi connectivity index (χ4v) is 3.29. The van der Waals surface area contributed by atoms with Crippen molar-refractivity contribution in [3.8, 4) is 0 Å². The molecule has 0 bridgehead atoms. The average molecular weight is 368 g/mol. The molecule has 27 heavy (non-hydrogen) atoms. The molecule has 1 fully saturated rings. The number of pyridine rings is 1. The Bertz CT molecular complexity index is 1060. The monoisotopic (exact) mass is 368 g/mol. The van der Waals surface area contributed by atoms with Gasteiger partial charge in [0.05, 0.1) is 18.9 Å². The van der Waals surface area contributed by atoms with Crippen LogP contribution in [0, 0.1) is 19.7 Å². The van der Waals surface area contributed by atoms with Crippen LogP contribution in [0.25, 0.3) is 5.65 Å². The smallest absolute Gasteiger partial charge is 0.260 e. The van der Waals surface area contributed by atoms with E-state index in [1.165, 1.54) is 12.1 Å². The lowest BCUT2D eigenvalue weighted by Gasteiger charge is -2.28. The van der Waals surface area contributed by atoms with Gasteiger partial charge in [0.1, 0.15) is 11.6 Å². The molecule has 2 aromatic heterocycles. The molecular formula is C20H21FN4O2. The zero-order valence-corrected chi connectivity index (χ0v) is 15.3. The lowest BCUT2D eigenvalue weighted by Crippen LogP contribution is -2.37. The first kappa shape index (κ1) is 17.5. The van der Waals surface area contributed by atoms with Crippen LogP contribution in [0.5, 0.6) is 0 Å². The highest BCUT2D eigenvalue weighted by Crippen LogP contribution is 2.25. The third-order valence-electron chi connectivity index (χ3n) is 4.68. The zero-order valence-electron chi connectivity index (χ0n) is 15.3. The number of hydrogen-bond donors (Lipinski definition) is 1. The molecule has 0 amide bonds. The maximum atomic E-state index is 13.4. The molecule has 4 rings (SSSR count). The second-order valence-electron chi connectivity index (χ2n) is 6.76. The number of nitrogens with zero attached hydrogens (tertiary/aromatic N) is 3. The number of aryl methyl sites for hydroxylation is 2. The largest absolute Gasteiger partial charge is 0.378 e. The van der Waals surface area contributed by atoms with Gasteiger partial charge in [-0.2, -0.15) is 0 Å². The normalized spacial score (nSPS) is 14.6. The summed E-state index contributed by atoms with van der Waals surface area (Å²) in [6, 6.07) is 8.07. The highest BCUT2D eigenvalue weighted by atomic mass is 19.1. The van der Waals surface area contributed by atoms with Crippen molar-refractivity contribution in [3.63, 3.8) is 0 Å². The van der Waals surface area contributed by atoms with E-state index in [-0.39, 0.29) is 11.4 Å². The van der Waals surface area contributed by atoms with Crippen LogP contribution in [-0.4, -0.2) is 35.7 Å². The second kappa shape index (κ2) is 7.00. The SMILES string of the molecule is Cc1cc(Nc2ccc(F)cc2C)c2nc(N3CCOCC3)cc(=O)n2c1. The second-order valence-corrected chi connectivity index (χ2v) is 6.76. The van der Waals surface area contributed by atoms with E-state index in [0.717, 1.165) is 16.8 Å². The van der Waals surface area contributed by atoms with E-state index in [2.05, 4.69) is 10.2 Å². The van der Waals surface area contributed by atoms with Crippen molar-refractivity contribution in [2.45, 2.75) is 13.8 Å². The molecule has 7 heteroatoms. The molecule has 1 saturated heterocycles. The molecule has 1 aromatic carbocycles. The molecule has 6 nitrogen and oxygen atoms in total. The molecule has 0 saturated carbocycles. The van der Waals surface area contributed by atoms with Gasteiger partial charge in [-0.3, -0.25) is 9.20 Å². The van der Waals surface area contributed by atoms with E-state index >= 15 is 0 Å². The highest BCUT2D eigenvalue weighted by molar-refractivity contribution is 5.76. The lowest BCUT2D eigenvalue weighted by atomic mass is 10.2. The van der Waals surface area contributed by atoms with Crippen molar-refractivity contribution in [2.24, 2.45) is 0 Å². The maximum Gasteiger partial charge on any atom is 0.260 e. The van der Waals surface area contributed by atoms with Crippen LogP contribution in [0.15, 0.2) is 41.3 Å². The fourth-order valence-electron chi connectivity index (χ4n) is 3.29. The number of benzene rings is 1. The molecule has 1 aliphatic rings. The fraction of sp³-hybridized carbons (Fsp3) is 0.300. The maximum absolute atomic E-state index is 13.4. The Balaban J connectivity index is 1.83. The van der Waals surface area contributed by atoms with Crippen molar-refractivity contribution >= 4 is 22.8 Å². The Hall–Kier alpha value is -2.93. The van der Waals surface area contributed by atoms with Gasteiger partial charge in [-0.1, -0.05) is 0 Å². The van der Waals surface area contributed by atoms with Gasteiger partial charge in [0.2, 0.25) is 0 Å². The van der Waals surface area contributed by atoms with Crippen LogP contribution in [0.4, 0.5) is 21.6 Å². The van der Waals surface area contributed by atoms with Gasteiger partial charge in [-0.05, 0) is 49.2 Å². The Kier molecular flexibility index (Phi) is 4.53. The predicted molar refractivity (Wildman–Crippen MR) is 104 cm³/mol. The molecule has 0 spiro atoms. The van der Waals surface area contributed by atoms with E-state index in [1.54, 1.807) is 22.7 Å². The van der Waals surface area contributed by atoms with Crippen LogP contribution in [0.1, 0.15) is 11.1 Å². The molecule has 0 atom stereocenters. The number of aromatic nitrogens is 2. The first-order valence-electron chi connectivity index (χ1n) is 8.91. The minimum atomic E-state index is -0.281. The summed E-state index contributed by atoms with van der Waals surface area (Å²) < 4.78 is 20.3. The molecule has 1 aliphatic heterocycles. The molecule has 3 aromatic rings. The van der Waals surface area contributed by atoms with Gasteiger partial charge in [-0.25, -0.2) is 9.37 Å². The number of morpholine rings is 1. The molecule has 0 aliphatic carbocycles. The van der Waals surface area contributed by atoms with Gasteiger partial charge in [0.15, 0.2) is 5.65 Å². The standard InChI is InChI=1S/C20H21FN4O2/c1-13-9-17(22-16-4-3-15(21)10-14(16)2)20-23-18(11-19(26)25(20)12-13)24-5-7-27-8-6-24/h3-4,9-12,22H,5-8H2,1-2H3. The third-order valence-corrected chi connectivity index (χ3v) is 4.68. The highest BCUT2D eigenvalue weighted by Gasteiger charge is 2.16. The van der Waals surface area contributed by atoms with Gasteiger partial charge in [0, 0.05) is 31.0 Å². The minimum absolute atomic E-state index is 0.135. The quantitative estimate of drug-likeness (QED) is 0.770. The molecule has 140 valence electrons. The van der Waals surface area contributed by atoms with E-state index < -0.39 is 0 Å². The molecule has 3 heterocycles. The van der Waals surface area contributed by atoms with Crippen LogP contribution in [0.3, 0.4) is 0 Å². The van der Waals surface area contributed by atoms with E-state index in [4.69, 9.17) is 9.72 Å². The van der Waals surface area contributed by atoms with E-state index in [0.29, 0.717) is 43.5 Å². The summed E-state index contributed by atoms with van der Waals surface area (Å²) in [5.41, 5.74) is 3.59. The van der Waals surface area contributed by atoms with Crippen molar-refractivity contribution in [1.29, 1.82) is 0 Å². The molecule has 1 N–H and O–H groups in total. The first-order valence-corrected chi connectivity index (χ1v) is 8.91. The average Bonchev–Trinajstić information content (AvgIpc) is 2.65. The van der Waals surface area contributed by atoms with Crippen molar-refractivity contribution in [1.82, 2.24) is 9.38 Å². The number of nitrogens with one attached hydrogen (secondary N) is 1. The zero-order chi connectivity index (χ0) is 19.0. The number of ether oxygens (including phenoxy) is 1. The van der Waals surface area contributed by atoms with E-state index in [9.17, 15) is 9.18 Å². The van der Waals surface area contributed by atoms with Crippen LogP contribution >= 0.6 is 0 Å². The van der Waals surface area contributed by atoms with Gasteiger partial charge in [-0.15, -0.1) is 0 Å². The summed E-state index contributed by atoms with van der Waals surface area (Å²) in [7, 11) is 0. The summed E-state index contributed by atoms with van der Waals surface area (Å²) in [5.74, 6) is 0.363. The minimum Gasteiger partial charge on any atom is -0.378 e. The summed E-state index contributed by atoms with van der Waals surface area (Å²) in [4.78, 5) is 19.5. The van der Waals surface area contributed by atoms with Crippen LogP contribution < -0.4 is 15.8 Å². The summed E-state index contributed by atoms with van der Waals surface area (Å²) >= 11 is 0. The Morgan fingerprint density at radius 3 is 2.63 bits per heavy atom. The van der Waals surface area contributed by atoms with Gasteiger partial charge < -0.3 is 15.0 Å². The number of fused-ring (bicyclic) bond motifs is 1. The summed E-state index contributed by atoms with van der Waals surface area (Å²) in [5, 5.41) is 3.31. The first-order chi connectivity index (χ1) is 13.0. The Morgan fingerprint density at radius 1 is 1.11 bits per heavy atom. The van der Waals surface area contributed by atoms with Gasteiger partial charge >= 0.3 is 0 Å². The number of hydrogen-bond acceptors (Lipinski definition) is 5. The number of rotatable bonds is 3. The molecule has 0 radical (unpaired) electrons. The predicted octanol–water partition coefficient (Wildman–Crippen LogP) is 3.03. The van der Waals surface area contributed by atoms with Crippen molar-refractivity contribution in [2.75, 3.05) is 36.5 Å². The Labute approximate surface area is 156 Å². The van der Waals surface area contributed by atoms with Crippen LogP contribution in [0.2, 0.25) is 0 Å². The molecule has 0 unspecified atom stereocenters. The number of anilines is 3. The Morgan fingerprint density at radius 2 is 1.89 bits per heavy atom. The topological polar surface area (TPSA) is 58.9 Å². The summed E-state index contributed by atoms with van der Waals surface area (Å²) in [6.07, 6.45) is 1.77. The summed E-state index contributed by atoms with van der Waals surface area (Å²) in [6.45, 7) is 6.40.